The smallest absolute Gasteiger partial charge is 0.413 e. The average Bonchev–Trinajstić information content (AvgIpc) is 3.08. The number of nitrogens with one attached hydrogen (secondary N) is 2. The van der Waals surface area contributed by atoms with Crippen molar-refractivity contribution < 1.29 is 14.3 Å². The summed E-state index contributed by atoms with van der Waals surface area (Å²) in [7, 11) is 0. The van der Waals surface area contributed by atoms with Crippen molar-refractivity contribution in [3.63, 3.8) is 0 Å². The molecule has 0 atom stereocenters. The average molecular weight is 451 g/mol. The number of benzene rings is 1. The van der Waals surface area contributed by atoms with Gasteiger partial charge in [0.05, 0.1) is 12.4 Å². The summed E-state index contributed by atoms with van der Waals surface area (Å²) in [4.78, 5) is 23.5. The Hall–Kier alpha value is -2.13. The summed E-state index contributed by atoms with van der Waals surface area (Å²) < 4.78 is 5.40. The lowest BCUT2D eigenvalue weighted by molar-refractivity contribution is -0.118. The normalized spacial score (nSPS) is 11.3. The fraction of sp³-hybridized carbons (Fsp3) is 0.524. The van der Waals surface area contributed by atoms with E-state index < -0.39 is 6.09 Å². The van der Waals surface area contributed by atoms with Crippen LogP contribution in [0.25, 0.3) is 0 Å². The van der Waals surface area contributed by atoms with Crippen LogP contribution in [0.5, 0.6) is 0 Å². The molecule has 0 aliphatic carbocycles. The lowest BCUT2D eigenvalue weighted by Crippen LogP contribution is -2.27. The molecule has 7 nitrogen and oxygen atoms in total. The maximum Gasteiger partial charge on any atom is 0.413 e. The summed E-state index contributed by atoms with van der Waals surface area (Å²) >= 11 is 2.49. The first-order valence-electron chi connectivity index (χ1n) is 9.87. The van der Waals surface area contributed by atoms with Crippen LogP contribution in [-0.4, -0.2) is 41.1 Å². The number of nitrogens with zero attached hydrogens (tertiary/aromatic N) is 2. The zero-order valence-electron chi connectivity index (χ0n) is 18.4. The van der Waals surface area contributed by atoms with E-state index in [1.807, 2.05) is 0 Å². The van der Waals surface area contributed by atoms with Gasteiger partial charge in [-0.25, -0.2) is 4.79 Å². The predicted molar refractivity (Wildman–Crippen MR) is 123 cm³/mol. The van der Waals surface area contributed by atoms with E-state index in [0.717, 1.165) is 6.42 Å². The van der Waals surface area contributed by atoms with Crippen LogP contribution in [0.2, 0.25) is 0 Å². The van der Waals surface area contributed by atoms with E-state index in [4.69, 9.17) is 4.74 Å². The van der Waals surface area contributed by atoms with E-state index in [9.17, 15) is 9.59 Å². The summed E-state index contributed by atoms with van der Waals surface area (Å²) in [6.45, 7) is 13.5. The summed E-state index contributed by atoms with van der Waals surface area (Å²) in [5.74, 6) is 0.186. The number of amides is 2. The van der Waals surface area contributed by atoms with Gasteiger partial charge in [0.2, 0.25) is 11.0 Å². The van der Waals surface area contributed by atoms with E-state index in [1.54, 1.807) is 6.92 Å². The molecule has 164 valence electrons. The Morgan fingerprint density at radius 3 is 2.43 bits per heavy atom. The largest absolute Gasteiger partial charge is 0.450 e. The Bertz CT molecular complexity index is 868. The van der Waals surface area contributed by atoms with Crippen LogP contribution in [0.15, 0.2) is 16.5 Å². The number of aryl methyl sites for hydroxylation is 2. The van der Waals surface area contributed by atoms with Gasteiger partial charge in [0.1, 0.15) is 0 Å². The fourth-order valence-corrected chi connectivity index (χ4v) is 4.47. The van der Waals surface area contributed by atoms with Crippen molar-refractivity contribution in [2.45, 2.75) is 57.7 Å². The van der Waals surface area contributed by atoms with Gasteiger partial charge < -0.3 is 10.1 Å². The third-order valence-corrected chi connectivity index (χ3v) is 6.45. The van der Waals surface area contributed by atoms with E-state index in [1.165, 1.54) is 45.4 Å². The highest BCUT2D eigenvalue weighted by Gasteiger charge is 2.16. The number of hydrogen-bond donors (Lipinski definition) is 2. The molecule has 0 unspecified atom stereocenters. The first-order chi connectivity index (χ1) is 14.1. The van der Waals surface area contributed by atoms with Crippen LogP contribution < -0.4 is 10.6 Å². The molecule has 0 radical (unpaired) electrons. The molecule has 1 aromatic heterocycles. The van der Waals surface area contributed by atoms with Crippen LogP contribution in [-0.2, 0) is 21.4 Å². The Morgan fingerprint density at radius 1 is 1.17 bits per heavy atom. The van der Waals surface area contributed by atoms with Gasteiger partial charge in [-0.1, -0.05) is 56.0 Å². The Balaban J connectivity index is 1.79. The molecule has 30 heavy (non-hydrogen) atoms. The molecule has 1 heterocycles. The minimum absolute atomic E-state index is 0.0586. The highest BCUT2D eigenvalue weighted by Crippen LogP contribution is 2.27. The number of carbonyl (C=O) groups is 2. The second-order valence-electron chi connectivity index (χ2n) is 7.95. The zero-order chi connectivity index (χ0) is 22.3. The quantitative estimate of drug-likeness (QED) is 0.455. The van der Waals surface area contributed by atoms with Crippen LogP contribution >= 0.6 is 23.1 Å². The third-order valence-electron chi connectivity index (χ3n) is 4.48. The fourth-order valence-electron chi connectivity index (χ4n) is 2.90. The summed E-state index contributed by atoms with van der Waals surface area (Å²) in [6, 6.07) is 4.49. The maximum absolute atomic E-state index is 12.2. The van der Waals surface area contributed by atoms with Gasteiger partial charge >= 0.3 is 6.09 Å². The second-order valence-corrected chi connectivity index (χ2v) is 10.1. The van der Waals surface area contributed by atoms with Crippen molar-refractivity contribution in [1.29, 1.82) is 0 Å². The van der Waals surface area contributed by atoms with Crippen LogP contribution in [0, 0.1) is 13.8 Å². The number of anilines is 1. The van der Waals surface area contributed by atoms with Crippen molar-refractivity contribution in [2.75, 3.05) is 24.2 Å². The van der Waals surface area contributed by atoms with Crippen molar-refractivity contribution in [3.8, 4) is 0 Å². The number of aromatic nitrogens is 2. The van der Waals surface area contributed by atoms with Crippen molar-refractivity contribution in [3.05, 3.63) is 34.4 Å². The molecule has 0 saturated carbocycles. The van der Waals surface area contributed by atoms with Crippen molar-refractivity contribution in [1.82, 2.24) is 15.5 Å². The number of carbonyl (C=O) groups excluding carboxylic acids is 2. The molecule has 0 bridgehead atoms. The minimum atomic E-state index is -0.566. The molecule has 2 N–H and O–H groups in total. The molecule has 0 aliphatic heterocycles. The van der Waals surface area contributed by atoms with Gasteiger partial charge in [-0.2, -0.15) is 0 Å². The van der Waals surface area contributed by atoms with Crippen molar-refractivity contribution in [2.24, 2.45) is 0 Å². The highest BCUT2D eigenvalue weighted by molar-refractivity contribution is 8.01. The van der Waals surface area contributed by atoms with Gasteiger partial charge in [-0.15, -0.1) is 10.2 Å². The van der Waals surface area contributed by atoms with E-state index in [-0.39, 0.29) is 23.7 Å². The van der Waals surface area contributed by atoms with E-state index >= 15 is 0 Å². The molecular formula is C21H30N4O3S2. The molecule has 2 aromatic rings. The van der Waals surface area contributed by atoms with Crippen LogP contribution in [0.1, 0.15) is 49.9 Å². The van der Waals surface area contributed by atoms with E-state index in [0.29, 0.717) is 16.0 Å². The van der Waals surface area contributed by atoms with Gasteiger partial charge in [-0.3, -0.25) is 10.1 Å². The zero-order valence-corrected chi connectivity index (χ0v) is 20.1. The van der Waals surface area contributed by atoms with Gasteiger partial charge in [-0.05, 0) is 54.9 Å². The molecule has 0 saturated heterocycles. The molecule has 2 amide bonds. The predicted octanol–water partition coefficient (Wildman–Crippen LogP) is 4.47. The SMILES string of the molecule is CCOC(=O)Nc1nnc(SCC(=O)NCCc2c(C)cc(C(C)(C)C)cc2C)s1. The minimum Gasteiger partial charge on any atom is -0.450 e. The highest BCUT2D eigenvalue weighted by atomic mass is 32.2. The Morgan fingerprint density at radius 2 is 1.83 bits per heavy atom. The lowest BCUT2D eigenvalue weighted by Gasteiger charge is -2.22. The summed E-state index contributed by atoms with van der Waals surface area (Å²) in [6.07, 6.45) is 0.231. The standard InChI is InChI=1S/C21H30N4O3S2/c1-7-28-19(27)23-18-24-25-20(30-18)29-12-17(26)22-9-8-16-13(2)10-15(11-14(16)3)21(4,5)6/h10-11H,7-9,12H2,1-6H3,(H,22,26)(H,23,24,27). The van der Waals surface area contributed by atoms with Gasteiger partial charge in [0.15, 0.2) is 4.34 Å². The van der Waals surface area contributed by atoms with Gasteiger partial charge in [0, 0.05) is 6.54 Å². The molecule has 1 aromatic carbocycles. The Labute approximate surface area is 186 Å². The van der Waals surface area contributed by atoms with Gasteiger partial charge in [0.25, 0.3) is 0 Å². The van der Waals surface area contributed by atoms with Crippen molar-refractivity contribution >= 4 is 40.2 Å². The first kappa shape index (κ1) is 24.1. The number of ether oxygens (including phenoxy) is 1. The topological polar surface area (TPSA) is 93.2 Å². The number of thioether (sulfide) groups is 1. The second kappa shape index (κ2) is 10.8. The van der Waals surface area contributed by atoms with E-state index in [2.05, 4.69) is 67.6 Å². The first-order valence-corrected chi connectivity index (χ1v) is 11.7. The number of hydrogen-bond acceptors (Lipinski definition) is 7. The number of rotatable bonds is 8. The Kier molecular flexibility index (Phi) is 8.66. The molecular weight excluding hydrogens is 420 g/mol. The third kappa shape index (κ3) is 7.28. The monoisotopic (exact) mass is 450 g/mol. The molecule has 9 heteroatoms. The molecule has 0 fully saturated rings. The van der Waals surface area contributed by atoms with Crippen LogP contribution in [0.4, 0.5) is 9.93 Å². The molecule has 0 spiro atoms. The summed E-state index contributed by atoms with van der Waals surface area (Å²) in [5.41, 5.74) is 5.26. The molecule has 2 rings (SSSR count). The summed E-state index contributed by atoms with van der Waals surface area (Å²) in [5, 5.41) is 13.6. The molecule has 0 aliphatic rings. The van der Waals surface area contributed by atoms with Crippen LogP contribution in [0.3, 0.4) is 0 Å². The maximum atomic E-state index is 12.2. The lowest BCUT2D eigenvalue weighted by atomic mass is 9.83.